The number of hydrogen-bond donors (Lipinski definition) is 1. The number of alkyl halides is 3. The molecule has 2 aromatic heterocycles. The first-order valence-corrected chi connectivity index (χ1v) is 6.40. The summed E-state index contributed by atoms with van der Waals surface area (Å²) in [5, 5.41) is 13.8. The molecule has 0 unspecified atom stereocenters. The molecule has 0 saturated carbocycles. The summed E-state index contributed by atoms with van der Waals surface area (Å²) in [6.07, 6.45) is -4.59. The van der Waals surface area contributed by atoms with Crippen LogP contribution in [0.2, 0.25) is 0 Å². The molecule has 0 atom stereocenters. The maximum absolute atomic E-state index is 12.9. The molecule has 0 radical (unpaired) electrons. The second-order valence-electron chi connectivity index (χ2n) is 5.09. The molecule has 2 aromatic rings. The lowest BCUT2D eigenvalue weighted by molar-refractivity contribution is -0.146. The van der Waals surface area contributed by atoms with Gasteiger partial charge in [-0.2, -0.15) is 17.7 Å². The lowest BCUT2D eigenvalue weighted by atomic mass is 10.2. The van der Waals surface area contributed by atoms with Crippen LogP contribution in [0.1, 0.15) is 17.0 Å². The van der Waals surface area contributed by atoms with Crippen molar-refractivity contribution in [1.29, 1.82) is 0 Å². The molecule has 0 saturated heterocycles. The Morgan fingerprint density at radius 1 is 1.14 bits per heavy atom. The van der Waals surface area contributed by atoms with E-state index in [-0.39, 0.29) is 5.65 Å². The summed E-state index contributed by atoms with van der Waals surface area (Å²) in [5.41, 5.74) is 1.51. The summed E-state index contributed by atoms with van der Waals surface area (Å²) >= 11 is 0. The highest BCUT2D eigenvalue weighted by atomic mass is 19.4. The smallest absolute Gasteiger partial charge is 0.367 e. The van der Waals surface area contributed by atoms with Gasteiger partial charge in [-0.25, -0.2) is 0 Å². The van der Waals surface area contributed by atoms with E-state index in [9.17, 15) is 13.2 Å². The quantitative estimate of drug-likeness (QED) is 0.932. The fraction of sp³-hybridized carbons (Fsp3) is 0.583. The third-order valence-corrected chi connectivity index (χ3v) is 3.20. The maximum atomic E-state index is 12.9. The van der Waals surface area contributed by atoms with Crippen LogP contribution < -0.4 is 5.32 Å². The maximum Gasteiger partial charge on any atom is 0.453 e. The minimum Gasteiger partial charge on any atom is -0.367 e. The Kier molecular flexibility index (Phi) is 4.04. The minimum atomic E-state index is -4.59. The van der Waals surface area contributed by atoms with Crippen LogP contribution in [-0.4, -0.2) is 51.9 Å². The molecule has 0 amide bonds. The van der Waals surface area contributed by atoms with E-state index in [2.05, 4.69) is 20.6 Å². The number of aryl methyl sites for hydroxylation is 1. The van der Waals surface area contributed by atoms with Gasteiger partial charge in [-0.05, 0) is 33.5 Å². The second kappa shape index (κ2) is 5.47. The van der Waals surface area contributed by atoms with Crippen LogP contribution in [-0.2, 0) is 6.18 Å². The van der Waals surface area contributed by atoms with Crippen LogP contribution in [0.15, 0.2) is 0 Å². The fourth-order valence-electron chi connectivity index (χ4n) is 1.87. The average Bonchev–Trinajstić information content (AvgIpc) is 2.78. The minimum absolute atomic E-state index is 0.123. The molecule has 0 spiro atoms. The molecule has 0 aliphatic carbocycles. The van der Waals surface area contributed by atoms with Crippen LogP contribution in [0.5, 0.6) is 0 Å². The summed E-state index contributed by atoms with van der Waals surface area (Å²) < 4.78 is 39.4. The van der Waals surface area contributed by atoms with Crippen LogP contribution in [0.4, 0.5) is 19.0 Å². The number of fused-ring (bicyclic) bond motifs is 1. The van der Waals surface area contributed by atoms with Crippen LogP contribution in [0, 0.1) is 13.8 Å². The van der Waals surface area contributed by atoms with Gasteiger partial charge in [0.25, 0.3) is 5.82 Å². The van der Waals surface area contributed by atoms with E-state index in [1.165, 1.54) is 0 Å². The number of aromatic nitrogens is 4. The van der Waals surface area contributed by atoms with Gasteiger partial charge >= 0.3 is 6.18 Å². The Morgan fingerprint density at radius 2 is 1.81 bits per heavy atom. The predicted molar refractivity (Wildman–Crippen MR) is 72.3 cm³/mol. The monoisotopic (exact) mass is 302 g/mol. The molecule has 6 nitrogen and oxygen atoms in total. The second-order valence-corrected chi connectivity index (χ2v) is 5.09. The molecule has 0 bridgehead atoms. The first-order chi connectivity index (χ1) is 9.71. The van der Waals surface area contributed by atoms with Crippen molar-refractivity contribution in [3.63, 3.8) is 0 Å². The van der Waals surface area contributed by atoms with Gasteiger partial charge in [-0.15, -0.1) is 15.3 Å². The number of nitrogens with one attached hydrogen (secondary N) is 1. The standard InChI is InChI=1S/C12H17F3N6/c1-7-8(2)10-17-18-11(12(13,14)15)21(10)19-9(7)16-5-6-20(3)4/h5-6H2,1-4H3,(H,16,19). The van der Waals surface area contributed by atoms with Gasteiger partial charge in [0, 0.05) is 18.7 Å². The molecular weight excluding hydrogens is 285 g/mol. The molecular formula is C12H17F3N6. The zero-order valence-corrected chi connectivity index (χ0v) is 12.3. The zero-order chi connectivity index (χ0) is 15.8. The van der Waals surface area contributed by atoms with Crippen LogP contribution in [0.3, 0.4) is 0 Å². The van der Waals surface area contributed by atoms with Crippen LogP contribution >= 0.6 is 0 Å². The molecule has 2 heterocycles. The third-order valence-electron chi connectivity index (χ3n) is 3.20. The predicted octanol–water partition coefficient (Wildman–Crippen LogP) is 1.73. The van der Waals surface area contributed by atoms with Crippen LogP contribution in [0.25, 0.3) is 5.65 Å². The lowest BCUT2D eigenvalue weighted by Crippen LogP contribution is -2.22. The van der Waals surface area contributed by atoms with Crippen molar-refractivity contribution in [2.45, 2.75) is 20.0 Å². The van der Waals surface area contributed by atoms with E-state index in [1.54, 1.807) is 13.8 Å². The Balaban J connectivity index is 2.44. The molecule has 0 aromatic carbocycles. The van der Waals surface area contributed by atoms with Gasteiger partial charge < -0.3 is 10.2 Å². The average molecular weight is 302 g/mol. The van der Waals surface area contributed by atoms with E-state index in [1.807, 2.05) is 19.0 Å². The van der Waals surface area contributed by atoms with Gasteiger partial charge in [-0.3, -0.25) is 0 Å². The Morgan fingerprint density at radius 3 is 2.38 bits per heavy atom. The number of likely N-dealkylation sites (N-methyl/N-ethyl adjacent to an activating group) is 1. The number of hydrogen-bond acceptors (Lipinski definition) is 5. The van der Waals surface area contributed by atoms with Crippen molar-refractivity contribution < 1.29 is 13.2 Å². The normalized spacial score (nSPS) is 12.4. The van der Waals surface area contributed by atoms with Crippen molar-refractivity contribution in [2.24, 2.45) is 0 Å². The first-order valence-electron chi connectivity index (χ1n) is 6.40. The van der Waals surface area contributed by atoms with E-state index in [0.29, 0.717) is 17.9 Å². The highest BCUT2D eigenvalue weighted by Crippen LogP contribution is 2.29. The first kappa shape index (κ1) is 15.5. The Hall–Kier alpha value is -1.90. The SMILES string of the molecule is Cc1c(NCCN(C)C)nn2c(C(F)(F)F)nnc2c1C. The number of nitrogens with zero attached hydrogens (tertiary/aromatic N) is 5. The van der Waals surface area contributed by atoms with Crippen molar-refractivity contribution in [1.82, 2.24) is 24.7 Å². The Labute approximate surface area is 120 Å². The summed E-state index contributed by atoms with van der Waals surface area (Å²) in [7, 11) is 3.83. The van der Waals surface area contributed by atoms with Crippen molar-refractivity contribution in [3.05, 3.63) is 17.0 Å². The Bertz CT molecular complexity index is 646. The van der Waals surface area contributed by atoms with E-state index in [0.717, 1.165) is 16.6 Å². The van der Waals surface area contributed by atoms with E-state index in [4.69, 9.17) is 0 Å². The van der Waals surface area contributed by atoms with Crippen molar-refractivity contribution in [3.8, 4) is 0 Å². The van der Waals surface area contributed by atoms with Crippen molar-refractivity contribution >= 4 is 11.5 Å². The molecule has 0 aliphatic heterocycles. The molecule has 21 heavy (non-hydrogen) atoms. The third kappa shape index (κ3) is 3.07. The molecule has 0 fully saturated rings. The van der Waals surface area contributed by atoms with Gasteiger partial charge in [0.2, 0.25) is 0 Å². The van der Waals surface area contributed by atoms with Gasteiger partial charge in [0.05, 0.1) is 0 Å². The summed E-state index contributed by atoms with van der Waals surface area (Å²) in [6.45, 7) is 4.82. The summed E-state index contributed by atoms with van der Waals surface area (Å²) in [4.78, 5) is 1.97. The molecule has 9 heteroatoms. The van der Waals surface area contributed by atoms with E-state index < -0.39 is 12.0 Å². The van der Waals surface area contributed by atoms with Gasteiger partial charge in [-0.1, -0.05) is 0 Å². The molecule has 2 rings (SSSR count). The number of halogens is 3. The molecule has 116 valence electrons. The number of anilines is 1. The van der Waals surface area contributed by atoms with Gasteiger partial charge in [0.15, 0.2) is 5.65 Å². The fourth-order valence-corrected chi connectivity index (χ4v) is 1.87. The summed E-state index contributed by atoms with van der Waals surface area (Å²) in [5.74, 6) is -0.705. The van der Waals surface area contributed by atoms with E-state index >= 15 is 0 Å². The molecule has 0 aliphatic rings. The topological polar surface area (TPSA) is 58.4 Å². The highest BCUT2D eigenvalue weighted by molar-refractivity contribution is 5.58. The van der Waals surface area contributed by atoms with Gasteiger partial charge in [0.1, 0.15) is 5.82 Å². The number of rotatable bonds is 4. The largest absolute Gasteiger partial charge is 0.453 e. The van der Waals surface area contributed by atoms with Crippen molar-refractivity contribution in [2.75, 3.05) is 32.5 Å². The summed E-state index contributed by atoms with van der Waals surface area (Å²) in [6, 6.07) is 0. The highest BCUT2D eigenvalue weighted by Gasteiger charge is 2.38. The molecule has 1 N–H and O–H groups in total. The zero-order valence-electron chi connectivity index (χ0n) is 12.3. The lowest BCUT2D eigenvalue weighted by Gasteiger charge is -2.14.